The summed E-state index contributed by atoms with van der Waals surface area (Å²) in [4.78, 5) is 4.01. The van der Waals surface area contributed by atoms with Crippen molar-refractivity contribution >= 4 is 33.0 Å². The molecule has 0 bridgehead atoms. The van der Waals surface area contributed by atoms with E-state index in [2.05, 4.69) is 11.9 Å². The fourth-order valence-corrected chi connectivity index (χ4v) is 6.15. The molecule has 1 heterocycles. The summed E-state index contributed by atoms with van der Waals surface area (Å²) >= 11 is 6.87. The number of halogens is 1. The van der Waals surface area contributed by atoms with Crippen molar-refractivity contribution in [2.45, 2.75) is 56.2 Å². The zero-order valence-electron chi connectivity index (χ0n) is 12.1. The topological polar surface area (TPSA) is 50.3 Å². The lowest BCUT2D eigenvalue weighted by Gasteiger charge is -2.33. The molecule has 1 aliphatic carbocycles. The minimum Gasteiger partial charge on any atom is -0.229 e. The molecule has 20 heavy (non-hydrogen) atoms. The highest BCUT2D eigenvalue weighted by Gasteiger charge is 2.33. The molecule has 1 aromatic rings. The van der Waals surface area contributed by atoms with Crippen LogP contribution in [0.1, 0.15) is 44.7 Å². The molecule has 2 rings (SSSR count). The summed E-state index contributed by atoms with van der Waals surface area (Å²) in [6.45, 7) is 3.89. The van der Waals surface area contributed by atoms with Gasteiger partial charge in [0, 0.05) is 13.1 Å². The van der Waals surface area contributed by atoms with E-state index in [1.807, 2.05) is 0 Å². The SMILES string of the molecule is CCC1CCC(N(C)S(=O)(=O)c2sc(Cl)nc2C)CC1. The number of nitrogens with zero attached hydrogens (tertiary/aromatic N) is 2. The maximum absolute atomic E-state index is 12.7. The van der Waals surface area contributed by atoms with Crippen molar-refractivity contribution in [1.82, 2.24) is 9.29 Å². The van der Waals surface area contributed by atoms with E-state index in [4.69, 9.17) is 11.6 Å². The lowest BCUT2D eigenvalue weighted by molar-refractivity contribution is 0.233. The van der Waals surface area contributed by atoms with Crippen molar-refractivity contribution in [3.05, 3.63) is 10.2 Å². The van der Waals surface area contributed by atoms with E-state index < -0.39 is 10.0 Å². The second-order valence-electron chi connectivity index (χ2n) is 5.44. The zero-order chi connectivity index (χ0) is 14.9. The van der Waals surface area contributed by atoms with Crippen LogP contribution in [0.2, 0.25) is 4.47 Å². The van der Waals surface area contributed by atoms with Gasteiger partial charge in [-0.2, -0.15) is 4.31 Å². The van der Waals surface area contributed by atoms with Crippen LogP contribution in [0.25, 0.3) is 0 Å². The van der Waals surface area contributed by atoms with E-state index in [1.165, 1.54) is 10.7 Å². The normalized spacial score (nSPS) is 24.2. The van der Waals surface area contributed by atoms with Gasteiger partial charge < -0.3 is 0 Å². The van der Waals surface area contributed by atoms with Gasteiger partial charge in [-0.05, 0) is 38.5 Å². The van der Waals surface area contributed by atoms with Crippen LogP contribution >= 0.6 is 22.9 Å². The van der Waals surface area contributed by atoms with Gasteiger partial charge in [0.05, 0.1) is 5.69 Å². The molecule has 0 aliphatic heterocycles. The first kappa shape index (κ1) is 16.2. The van der Waals surface area contributed by atoms with Crippen molar-refractivity contribution in [1.29, 1.82) is 0 Å². The average molecular weight is 337 g/mol. The Bertz CT molecular complexity index is 563. The summed E-state index contributed by atoms with van der Waals surface area (Å²) in [5.41, 5.74) is 0.495. The molecule has 0 amide bonds. The van der Waals surface area contributed by atoms with E-state index in [0.29, 0.717) is 5.69 Å². The van der Waals surface area contributed by atoms with Gasteiger partial charge in [-0.3, -0.25) is 0 Å². The number of aryl methyl sites for hydroxylation is 1. The Kier molecular flexibility index (Phi) is 5.10. The summed E-state index contributed by atoms with van der Waals surface area (Å²) in [5, 5.41) is 0. The highest BCUT2D eigenvalue weighted by atomic mass is 35.5. The number of aromatic nitrogens is 1. The molecule has 0 N–H and O–H groups in total. The van der Waals surface area contributed by atoms with Crippen LogP contribution in [0.3, 0.4) is 0 Å². The monoisotopic (exact) mass is 336 g/mol. The van der Waals surface area contributed by atoms with Crippen molar-refractivity contribution < 1.29 is 8.42 Å². The van der Waals surface area contributed by atoms with Crippen molar-refractivity contribution in [3.63, 3.8) is 0 Å². The second kappa shape index (κ2) is 6.30. The van der Waals surface area contributed by atoms with Gasteiger partial charge in [0.25, 0.3) is 10.0 Å². The lowest BCUT2D eigenvalue weighted by Crippen LogP contribution is -2.39. The molecule has 0 unspecified atom stereocenters. The maximum Gasteiger partial charge on any atom is 0.254 e. The van der Waals surface area contributed by atoms with Crippen LogP contribution in [-0.4, -0.2) is 30.8 Å². The molecule has 1 saturated carbocycles. The van der Waals surface area contributed by atoms with Crippen molar-refractivity contribution in [3.8, 4) is 0 Å². The first-order valence-corrected chi connectivity index (χ1v) is 9.60. The predicted octanol–water partition coefficient (Wildman–Crippen LogP) is 3.69. The first-order valence-electron chi connectivity index (χ1n) is 6.97. The Balaban J connectivity index is 2.16. The van der Waals surface area contributed by atoms with Gasteiger partial charge in [0.1, 0.15) is 0 Å². The van der Waals surface area contributed by atoms with Gasteiger partial charge in [-0.1, -0.05) is 36.3 Å². The third-order valence-corrected chi connectivity index (χ3v) is 8.01. The molecule has 4 nitrogen and oxygen atoms in total. The Labute approximate surface area is 130 Å². The van der Waals surface area contributed by atoms with E-state index in [9.17, 15) is 8.42 Å². The second-order valence-corrected chi connectivity index (χ2v) is 9.22. The Morgan fingerprint density at radius 3 is 2.40 bits per heavy atom. The van der Waals surface area contributed by atoms with Gasteiger partial charge in [-0.25, -0.2) is 13.4 Å². The lowest BCUT2D eigenvalue weighted by atomic mass is 9.85. The minimum atomic E-state index is -3.47. The standard InChI is InChI=1S/C13H21ClN2O2S2/c1-4-10-5-7-11(8-6-10)16(3)20(17,18)12-9(2)15-13(14)19-12/h10-11H,4-8H2,1-3H3. The summed E-state index contributed by atoms with van der Waals surface area (Å²) in [6, 6.07) is 0.100. The van der Waals surface area contributed by atoms with Crippen molar-refractivity contribution in [2.75, 3.05) is 7.05 Å². The molecule has 0 saturated heterocycles. The van der Waals surface area contributed by atoms with Crippen LogP contribution in [-0.2, 0) is 10.0 Å². The van der Waals surface area contributed by atoms with E-state index in [-0.39, 0.29) is 14.7 Å². The number of rotatable bonds is 4. The van der Waals surface area contributed by atoms with Gasteiger partial charge >= 0.3 is 0 Å². The predicted molar refractivity (Wildman–Crippen MR) is 82.8 cm³/mol. The third-order valence-electron chi connectivity index (χ3n) is 4.25. The molecule has 1 fully saturated rings. The van der Waals surface area contributed by atoms with Crippen LogP contribution in [0.4, 0.5) is 0 Å². The minimum absolute atomic E-state index is 0.100. The van der Waals surface area contributed by atoms with E-state index in [1.54, 1.807) is 14.0 Å². The largest absolute Gasteiger partial charge is 0.254 e. The van der Waals surface area contributed by atoms with Crippen LogP contribution < -0.4 is 0 Å². The van der Waals surface area contributed by atoms with Crippen molar-refractivity contribution in [2.24, 2.45) is 5.92 Å². The smallest absolute Gasteiger partial charge is 0.229 e. The summed E-state index contributed by atoms with van der Waals surface area (Å²) < 4.78 is 27.4. The Morgan fingerprint density at radius 1 is 1.35 bits per heavy atom. The van der Waals surface area contributed by atoms with Crippen LogP contribution in [0.5, 0.6) is 0 Å². The maximum atomic E-state index is 12.7. The van der Waals surface area contributed by atoms with Gasteiger partial charge in [0.15, 0.2) is 8.68 Å². The number of sulfonamides is 1. The fraction of sp³-hybridized carbons (Fsp3) is 0.769. The van der Waals surface area contributed by atoms with E-state index in [0.717, 1.165) is 42.9 Å². The number of thiazole rings is 1. The molecule has 0 radical (unpaired) electrons. The zero-order valence-corrected chi connectivity index (χ0v) is 14.5. The molecule has 0 atom stereocenters. The molecular formula is C13H21ClN2O2S2. The van der Waals surface area contributed by atoms with Crippen LogP contribution in [0.15, 0.2) is 4.21 Å². The first-order chi connectivity index (χ1) is 9.36. The Morgan fingerprint density at radius 2 is 1.95 bits per heavy atom. The highest BCUT2D eigenvalue weighted by molar-refractivity contribution is 7.91. The third kappa shape index (κ3) is 3.18. The highest BCUT2D eigenvalue weighted by Crippen LogP contribution is 2.34. The van der Waals surface area contributed by atoms with E-state index >= 15 is 0 Å². The molecular weight excluding hydrogens is 316 g/mol. The van der Waals surface area contributed by atoms with Crippen LogP contribution in [0, 0.1) is 12.8 Å². The summed E-state index contributed by atoms with van der Waals surface area (Å²) in [6.07, 6.45) is 5.30. The Hall–Kier alpha value is -0.170. The van der Waals surface area contributed by atoms with Gasteiger partial charge in [-0.15, -0.1) is 0 Å². The number of hydrogen-bond acceptors (Lipinski definition) is 4. The molecule has 1 aromatic heterocycles. The molecule has 0 aromatic carbocycles. The molecule has 0 spiro atoms. The molecule has 114 valence electrons. The average Bonchev–Trinajstić information content (AvgIpc) is 2.77. The quantitative estimate of drug-likeness (QED) is 0.842. The fourth-order valence-electron chi connectivity index (χ4n) is 2.83. The summed E-state index contributed by atoms with van der Waals surface area (Å²) in [7, 11) is -1.79. The van der Waals surface area contributed by atoms with Gasteiger partial charge in [0.2, 0.25) is 0 Å². The molecule has 7 heteroatoms. The number of hydrogen-bond donors (Lipinski definition) is 0. The summed E-state index contributed by atoms with van der Waals surface area (Å²) in [5.74, 6) is 0.752. The molecule has 1 aliphatic rings.